The van der Waals surface area contributed by atoms with Gasteiger partial charge >= 0.3 is 0 Å². The molecule has 1 atom stereocenters. The van der Waals surface area contributed by atoms with Gasteiger partial charge in [0.1, 0.15) is 5.76 Å². The maximum absolute atomic E-state index is 5.71. The van der Waals surface area contributed by atoms with Crippen molar-refractivity contribution in [2.75, 3.05) is 39.8 Å². The summed E-state index contributed by atoms with van der Waals surface area (Å²) in [5.74, 6) is 3.34. The first-order valence-corrected chi connectivity index (χ1v) is 9.85. The molecule has 3 heterocycles. The standard InChI is InChI=1S/C19H33N5O2/c1-14-15(2)26-18(23-14)13-24-8-6-16(7-9-24)11-21-19(20-3)22-12-17-5-4-10-25-17/h16-17H,4-13H2,1-3H3,(H2,20,21,22). The molecule has 2 aliphatic heterocycles. The smallest absolute Gasteiger partial charge is 0.208 e. The van der Waals surface area contributed by atoms with Gasteiger partial charge < -0.3 is 19.8 Å². The molecule has 0 amide bonds. The third-order valence-electron chi connectivity index (χ3n) is 5.44. The van der Waals surface area contributed by atoms with Crippen molar-refractivity contribution in [3.8, 4) is 0 Å². The first-order valence-electron chi connectivity index (χ1n) is 9.85. The van der Waals surface area contributed by atoms with Crippen molar-refractivity contribution in [1.82, 2.24) is 20.5 Å². The molecule has 1 unspecified atom stereocenters. The third kappa shape index (κ3) is 5.45. The zero-order chi connectivity index (χ0) is 18.4. The number of rotatable bonds is 6. The Hall–Kier alpha value is -1.60. The number of nitrogens with one attached hydrogen (secondary N) is 2. The minimum atomic E-state index is 0.333. The van der Waals surface area contributed by atoms with Crippen LogP contribution in [0.2, 0.25) is 0 Å². The average Bonchev–Trinajstić information content (AvgIpc) is 3.26. The number of likely N-dealkylation sites (tertiary alicyclic amines) is 1. The number of ether oxygens (including phenoxy) is 1. The normalized spacial score (nSPS) is 22.7. The SMILES string of the molecule is CN=C(NCC1CCN(Cc2nc(C)c(C)o2)CC1)NCC1CCCO1. The molecular weight excluding hydrogens is 330 g/mol. The van der Waals surface area contributed by atoms with E-state index in [0.29, 0.717) is 12.0 Å². The van der Waals surface area contributed by atoms with E-state index in [1.807, 2.05) is 20.9 Å². The van der Waals surface area contributed by atoms with Gasteiger partial charge in [-0.1, -0.05) is 0 Å². The van der Waals surface area contributed by atoms with E-state index in [4.69, 9.17) is 9.15 Å². The lowest BCUT2D eigenvalue weighted by Crippen LogP contribution is -2.44. The number of piperidine rings is 1. The summed E-state index contributed by atoms with van der Waals surface area (Å²) < 4.78 is 11.4. The Kier molecular flexibility index (Phi) is 6.91. The quantitative estimate of drug-likeness (QED) is 0.593. The van der Waals surface area contributed by atoms with Crippen LogP contribution in [-0.4, -0.2) is 61.8 Å². The lowest BCUT2D eigenvalue weighted by molar-refractivity contribution is 0.113. The van der Waals surface area contributed by atoms with Crippen LogP contribution in [0, 0.1) is 19.8 Å². The van der Waals surface area contributed by atoms with Gasteiger partial charge in [-0.15, -0.1) is 0 Å². The molecular formula is C19H33N5O2. The third-order valence-corrected chi connectivity index (χ3v) is 5.44. The van der Waals surface area contributed by atoms with Gasteiger partial charge in [0.2, 0.25) is 5.89 Å². The number of guanidine groups is 1. The number of aryl methyl sites for hydroxylation is 2. The van der Waals surface area contributed by atoms with Gasteiger partial charge in [-0.25, -0.2) is 4.98 Å². The van der Waals surface area contributed by atoms with Crippen molar-refractivity contribution in [3.63, 3.8) is 0 Å². The van der Waals surface area contributed by atoms with Crippen molar-refractivity contribution in [1.29, 1.82) is 0 Å². The maximum atomic E-state index is 5.71. The van der Waals surface area contributed by atoms with Crippen LogP contribution in [0.25, 0.3) is 0 Å². The zero-order valence-electron chi connectivity index (χ0n) is 16.4. The number of nitrogens with zero attached hydrogens (tertiary/aromatic N) is 3. The molecule has 0 bridgehead atoms. The largest absolute Gasteiger partial charge is 0.444 e. The lowest BCUT2D eigenvalue weighted by Gasteiger charge is -2.31. The molecule has 146 valence electrons. The van der Waals surface area contributed by atoms with E-state index in [-0.39, 0.29) is 0 Å². The Labute approximate surface area is 156 Å². The van der Waals surface area contributed by atoms with Crippen LogP contribution in [0.15, 0.2) is 9.41 Å². The molecule has 2 aliphatic rings. The first kappa shape index (κ1) is 19.2. The molecule has 7 heteroatoms. The highest BCUT2D eigenvalue weighted by molar-refractivity contribution is 5.79. The molecule has 3 rings (SSSR count). The Balaban J connectivity index is 1.34. The van der Waals surface area contributed by atoms with E-state index >= 15 is 0 Å². The second-order valence-corrected chi connectivity index (χ2v) is 7.44. The second kappa shape index (κ2) is 9.37. The Bertz CT molecular complexity index is 567. The fourth-order valence-electron chi connectivity index (χ4n) is 3.62. The van der Waals surface area contributed by atoms with Gasteiger partial charge in [-0.05, 0) is 58.5 Å². The zero-order valence-corrected chi connectivity index (χ0v) is 16.4. The summed E-state index contributed by atoms with van der Waals surface area (Å²) in [7, 11) is 1.83. The highest BCUT2D eigenvalue weighted by Crippen LogP contribution is 2.19. The van der Waals surface area contributed by atoms with Crippen LogP contribution < -0.4 is 10.6 Å². The fourth-order valence-corrected chi connectivity index (χ4v) is 3.62. The van der Waals surface area contributed by atoms with Crippen LogP contribution in [0.5, 0.6) is 0 Å². The molecule has 26 heavy (non-hydrogen) atoms. The van der Waals surface area contributed by atoms with Crippen molar-refractivity contribution in [2.24, 2.45) is 10.9 Å². The van der Waals surface area contributed by atoms with Crippen LogP contribution in [0.4, 0.5) is 0 Å². The Morgan fingerprint density at radius 3 is 2.58 bits per heavy atom. The minimum Gasteiger partial charge on any atom is -0.444 e. The van der Waals surface area contributed by atoms with E-state index in [0.717, 1.165) is 69.1 Å². The monoisotopic (exact) mass is 363 g/mol. The van der Waals surface area contributed by atoms with E-state index < -0.39 is 0 Å². The number of aliphatic imine (C=N–C) groups is 1. The molecule has 1 aromatic heterocycles. The molecule has 2 N–H and O–H groups in total. The molecule has 0 aliphatic carbocycles. The number of oxazole rings is 1. The maximum Gasteiger partial charge on any atom is 0.208 e. The summed E-state index contributed by atoms with van der Waals surface area (Å²) in [5.41, 5.74) is 1.00. The van der Waals surface area contributed by atoms with Gasteiger partial charge in [-0.3, -0.25) is 9.89 Å². The van der Waals surface area contributed by atoms with E-state index in [1.54, 1.807) is 0 Å². The average molecular weight is 364 g/mol. The van der Waals surface area contributed by atoms with Crippen LogP contribution in [0.1, 0.15) is 43.0 Å². The summed E-state index contributed by atoms with van der Waals surface area (Å²) in [6.45, 7) is 9.68. The molecule has 7 nitrogen and oxygen atoms in total. The first-order chi connectivity index (χ1) is 12.6. The summed E-state index contributed by atoms with van der Waals surface area (Å²) in [4.78, 5) is 11.3. The second-order valence-electron chi connectivity index (χ2n) is 7.44. The van der Waals surface area contributed by atoms with Crippen LogP contribution in [-0.2, 0) is 11.3 Å². The summed E-state index contributed by atoms with van der Waals surface area (Å²) >= 11 is 0. The molecule has 2 saturated heterocycles. The van der Waals surface area contributed by atoms with Gasteiger partial charge in [0, 0.05) is 26.7 Å². The van der Waals surface area contributed by atoms with Crippen LogP contribution >= 0.6 is 0 Å². The van der Waals surface area contributed by atoms with Gasteiger partial charge in [0.15, 0.2) is 5.96 Å². The van der Waals surface area contributed by atoms with Gasteiger partial charge in [0.25, 0.3) is 0 Å². The van der Waals surface area contributed by atoms with Gasteiger partial charge in [-0.2, -0.15) is 0 Å². The predicted molar refractivity (Wildman–Crippen MR) is 102 cm³/mol. The van der Waals surface area contributed by atoms with Gasteiger partial charge in [0.05, 0.1) is 18.3 Å². The van der Waals surface area contributed by atoms with Crippen molar-refractivity contribution < 1.29 is 9.15 Å². The van der Waals surface area contributed by atoms with Crippen molar-refractivity contribution >= 4 is 5.96 Å². The van der Waals surface area contributed by atoms with Crippen molar-refractivity contribution in [3.05, 3.63) is 17.3 Å². The summed E-state index contributed by atoms with van der Waals surface area (Å²) in [6, 6.07) is 0. The molecule has 1 aromatic rings. The Morgan fingerprint density at radius 2 is 1.96 bits per heavy atom. The molecule has 2 fully saturated rings. The minimum absolute atomic E-state index is 0.333. The summed E-state index contributed by atoms with van der Waals surface area (Å²) in [5, 5.41) is 6.86. The van der Waals surface area contributed by atoms with Crippen LogP contribution in [0.3, 0.4) is 0 Å². The fraction of sp³-hybridized carbons (Fsp3) is 0.789. The predicted octanol–water partition coefficient (Wildman–Crippen LogP) is 1.85. The topological polar surface area (TPSA) is 74.9 Å². The lowest BCUT2D eigenvalue weighted by atomic mass is 9.97. The Morgan fingerprint density at radius 1 is 1.19 bits per heavy atom. The molecule has 0 saturated carbocycles. The van der Waals surface area contributed by atoms with E-state index in [2.05, 4.69) is 25.5 Å². The summed E-state index contributed by atoms with van der Waals surface area (Å²) in [6.07, 6.45) is 5.03. The van der Waals surface area contributed by atoms with E-state index in [1.165, 1.54) is 19.3 Å². The molecule has 0 spiro atoms. The highest BCUT2D eigenvalue weighted by atomic mass is 16.5. The number of hydrogen-bond acceptors (Lipinski definition) is 5. The number of aromatic nitrogens is 1. The highest BCUT2D eigenvalue weighted by Gasteiger charge is 2.21. The number of hydrogen-bond donors (Lipinski definition) is 2. The van der Waals surface area contributed by atoms with E-state index in [9.17, 15) is 0 Å². The molecule has 0 radical (unpaired) electrons. The van der Waals surface area contributed by atoms with Crippen molar-refractivity contribution in [2.45, 2.75) is 52.2 Å². The molecule has 0 aromatic carbocycles.